The predicted octanol–water partition coefficient (Wildman–Crippen LogP) is 4.22. The second-order valence-electron chi connectivity index (χ2n) is 4.15. The van der Waals surface area contributed by atoms with E-state index in [1.54, 1.807) is 6.08 Å². The molecule has 0 radical (unpaired) electrons. The fourth-order valence-corrected chi connectivity index (χ4v) is 1.63. The van der Waals surface area contributed by atoms with E-state index in [1.165, 1.54) is 28.5 Å². The normalized spacial score (nSPS) is 12.1. The van der Waals surface area contributed by atoms with Gasteiger partial charge in [-0.3, -0.25) is 0 Å². The Bertz CT molecular complexity index is 451. The first-order valence-corrected chi connectivity index (χ1v) is 5.48. The van der Waals surface area contributed by atoms with Crippen LogP contribution in [0.5, 0.6) is 0 Å². The standard InChI is InChI=1S/C15H19N/c1-11(9-10-16)5-8-15-13(3)7-6-12(2)14(15)4/h5-10,16H,1-4H3/b8-5+,11-9+,16-10?. The summed E-state index contributed by atoms with van der Waals surface area (Å²) in [6, 6.07) is 4.31. The van der Waals surface area contributed by atoms with Gasteiger partial charge in [-0.2, -0.15) is 0 Å². The van der Waals surface area contributed by atoms with Crippen molar-refractivity contribution in [1.82, 2.24) is 0 Å². The Balaban J connectivity index is 3.10. The van der Waals surface area contributed by atoms with Crippen LogP contribution in [0, 0.1) is 26.2 Å². The maximum atomic E-state index is 7.00. The Hall–Kier alpha value is -1.63. The minimum absolute atomic E-state index is 1.09. The molecule has 0 atom stereocenters. The van der Waals surface area contributed by atoms with Gasteiger partial charge in [-0.25, -0.2) is 0 Å². The number of aryl methyl sites for hydroxylation is 2. The SMILES string of the molecule is CC(/C=C/c1c(C)ccc(C)c1C)=C\C=N. The summed E-state index contributed by atoms with van der Waals surface area (Å²) in [5, 5.41) is 7.00. The minimum atomic E-state index is 1.09. The lowest BCUT2D eigenvalue weighted by Gasteiger charge is -2.08. The van der Waals surface area contributed by atoms with Crippen molar-refractivity contribution in [1.29, 1.82) is 5.41 Å². The van der Waals surface area contributed by atoms with Gasteiger partial charge in [0.05, 0.1) is 0 Å². The van der Waals surface area contributed by atoms with E-state index in [4.69, 9.17) is 5.41 Å². The van der Waals surface area contributed by atoms with Crippen LogP contribution >= 0.6 is 0 Å². The third kappa shape index (κ3) is 2.93. The van der Waals surface area contributed by atoms with E-state index < -0.39 is 0 Å². The third-order valence-corrected chi connectivity index (χ3v) is 2.86. The van der Waals surface area contributed by atoms with E-state index in [0.29, 0.717) is 0 Å². The van der Waals surface area contributed by atoms with Crippen LogP contribution in [0.3, 0.4) is 0 Å². The summed E-state index contributed by atoms with van der Waals surface area (Å²) in [5.74, 6) is 0. The average molecular weight is 213 g/mol. The second-order valence-corrected chi connectivity index (χ2v) is 4.15. The molecule has 1 heteroatoms. The summed E-state index contributed by atoms with van der Waals surface area (Å²) in [6.45, 7) is 8.41. The minimum Gasteiger partial charge on any atom is -0.309 e. The summed E-state index contributed by atoms with van der Waals surface area (Å²) in [6.07, 6.45) is 7.29. The number of hydrogen-bond acceptors (Lipinski definition) is 1. The molecule has 0 aliphatic rings. The van der Waals surface area contributed by atoms with Crippen molar-refractivity contribution in [2.24, 2.45) is 0 Å². The summed E-state index contributed by atoms with van der Waals surface area (Å²) in [7, 11) is 0. The van der Waals surface area contributed by atoms with Gasteiger partial charge in [0.15, 0.2) is 0 Å². The van der Waals surface area contributed by atoms with Crippen LogP contribution in [-0.2, 0) is 0 Å². The molecule has 1 aromatic rings. The van der Waals surface area contributed by atoms with Gasteiger partial charge in [-0.05, 0) is 61.6 Å². The molecular formula is C15H19N. The van der Waals surface area contributed by atoms with Crippen LogP contribution in [0.15, 0.2) is 29.9 Å². The highest BCUT2D eigenvalue weighted by molar-refractivity contribution is 5.71. The Kier molecular flexibility index (Phi) is 4.24. The maximum absolute atomic E-state index is 7.00. The molecule has 0 unspecified atom stereocenters. The Morgan fingerprint density at radius 2 is 1.75 bits per heavy atom. The highest BCUT2D eigenvalue weighted by Gasteiger charge is 2.00. The molecule has 1 aromatic carbocycles. The molecule has 0 aromatic heterocycles. The molecule has 0 bridgehead atoms. The Morgan fingerprint density at radius 1 is 1.12 bits per heavy atom. The van der Waals surface area contributed by atoms with E-state index in [-0.39, 0.29) is 0 Å². The van der Waals surface area contributed by atoms with Crippen molar-refractivity contribution in [3.63, 3.8) is 0 Å². The number of nitrogens with one attached hydrogen (secondary N) is 1. The fourth-order valence-electron chi connectivity index (χ4n) is 1.63. The van der Waals surface area contributed by atoms with E-state index in [1.807, 2.05) is 6.92 Å². The van der Waals surface area contributed by atoms with Gasteiger partial charge in [0.2, 0.25) is 0 Å². The zero-order valence-corrected chi connectivity index (χ0v) is 10.5. The van der Waals surface area contributed by atoms with Crippen LogP contribution in [0.1, 0.15) is 29.2 Å². The van der Waals surface area contributed by atoms with Crippen molar-refractivity contribution < 1.29 is 0 Å². The summed E-state index contributed by atoms with van der Waals surface area (Å²) < 4.78 is 0. The first-order valence-electron chi connectivity index (χ1n) is 5.48. The Morgan fingerprint density at radius 3 is 2.38 bits per heavy atom. The van der Waals surface area contributed by atoms with Gasteiger partial charge in [-0.15, -0.1) is 0 Å². The molecule has 0 aliphatic heterocycles. The quantitative estimate of drug-likeness (QED) is 0.574. The Labute approximate surface area is 98.0 Å². The molecule has 1 N–H and O–H groups in total. The lowest BCUT2D eigenvalue weighted by atomic mass is 9.97. The average Bonchev–Trinajstić information content (AvgIpc) is 2.24. The maximum Gasteiger partial charge on any atom is 0.0180 e. The molecule has 0 aliphatic carbocycles. The lowest BCUT2D eigenvalue weighted by molar-refractivity contribution is 1.28. The molecule has 0 saturated heterocycles. The van der Waals surface area contributed by atoms with Crippen LogP contribution in [-0.4, -0.2) is 6.21 Å². The van der Waals surface area contributed by atoms with Crippen molar-refractivity contribution in [2.45, 2.75) is 27.7 Å². The molecular weight excluding hydrogens is 194 g/mol. The van der Waals surface area contributed by atoms with Crippen molar-refractivity contribution >= 4 is 12.3 Å². The van der Waals surface area contributed by atoms with E-state index >= 15 is 0 Å². The van der Waals surface area contributed by atoms with Gasteiger partial charge in [0.1, 0.15) is 0 Å². The van der Waals surface area contributed by atoms with Crippen LogP contribution in [0.25, 0.3) is 6.08 Å². The molecule has 0 fully saturated rings. The number of benzene rings is 1. The molecule has 1 rings (SSSR count). The van der Waals surface area contributed by atoms with E-state index in [2.05, 4.69) is 45.1 Å². The molecule has 16 heavy (non-hydrogen) atoms. The molecule has 0 saturated carbocycles. The zero-order valence-electron chi connectivity index (χ0n) is 10.5. The van der Waals surface area contributed by atoms with Crippen LogP contribution in [0.4, 0.5) is 0 Å². The first-order chi connectivity index (χ1) is 7.56. The van der Waals surface area contributed by atoms with Crippen molar-refractivity contribution in [3.8, 4) is 0 Å². The number of hydrogen-bond donors (Lipinski definition) is 1. The monoisotopic (exact) mass is 213 g/mol. The number of allylic oxidation sites excluding steroid dienone is 3. The highest BCUT2D eigenvalue weighted by Crippen LogP contribution is 2.19. The highest BCUT2D eigenvalue weighted by atomic mass is 14.3. The van der Waals surface area contributed by atoms with Gasteiger partial charge in [0.25, 0.3) is 0 Å². The van der Waals surface area contributed by atoms with E-state index in [0.717, 1.165) is 5.57 Å². The summed E-state index contributed by atoms with van der Waals surface area (Å²) in [5.41, 5.74) is 6.33. The predicted molar refractivity (Wildman–Crippen MR) is 72.2 cm³/mol. The summed E-state index contributed by atoms with van der Waals surface area (Å²) in [4.78, 5) is 0. The molecule has 0 spiro atoms. The lowest BCUT2D eigenvalue weighted by Crippen LogP contribution is -1.89. The molecule has 0 heterocycles. The van der Waals surface area contributed by atoms with Crippen LogP contribution in [0.2, 0.25) is 0 Å². The molecule has 84 valence electrons. The van der Waals surface area contributed by atoms with Gasteiger partial charge in [0, 0.05) is 6.21 Å². The first kappa shape index (κ1) is 12.4. The largest absolute Gasteiger partial charge is 0.309 e. The number of rotatable bonds is 3. The van der Waals surface area contributed by atoms with Gasteiger partial charge < -0.3 is 5.41 Å². The smallest absolute Gasteiger partial charge is 0.0180 e. The fraction of sp³-hybridized carbons (Fsp3) is 0.267. The summed E-state index contributed by atoms with van der Waals surface area (Å²) >= 11 is 0. The van der Waals surface area contributed by atoms with Crippen molar-refractivity contribution in [3.05, 3.63) is 52.1 Å². The topological polar surface area (TPSA) is 23.9 Å². The molecule has 0 amide bonds. The second kappa shape index (κ2) is 5.45. The van der Waals surface area contributed by atoms with Crippen molar-refractivity contribution in [2.75, 3.05) is 0 Å². The van der Waals surface area contributed by atoms with Gasteiger partial charge >= 0.3 is 0 Å². The molecule has 1 nitrogen and oxygen atoms in total. The van der Waals surface area contributed by atoms with E-state index in [9.17, 15) is 0 Å². The zero-order chi connectivity index (χ0) is 12.1. The van der Waals surface area contributed by atoms with Gasteiger partial charge in [-0.1, -0.05) is 24.3 Å². The van der Waals surface area contributed by atoms with Crippen LogP contribution < -0.4 is 0 Å². The third-order valence-electron chi connectivity index (χ3n) is 2.86.